The highest BCUT2D eigenvalue weighted by Crippen LogP contribution is 2.22. The molecule has 1 rings (SSSR count). The Morgan fingerprint density at radius 2 is 1.94 bits per heavy atom. The van der Waals surface area contributed by atoms with E-state index in [-0.39, 0.29) is 6.10 Å². The van der Waals surface area contributed by atoms with Crippen molar-refractivity contribution in [1.29, 1.82) is 0 Å². The van der Waals surface area contributed by atoms with Gasteiger partial charge in [0, 0.05) is 20.8 Å². The van der Waals surface area contributed by atoms with Crippen LogP contribution in [0, 0.1) is 5.92 Å². The molecular weight excluding hydrogens is 214 g/mol. The second-order valence-electron chi connectivity index (χ2n) is 5.20. The van der Waals surface area contributed by atoms with E-state index >= 15 is 0 Å². The predicted molar refractivity (Wildman–Crippen MR) is 71.4 cm³/mol. The molecule has 0 aromatic carbocycles. The molecule has 0 aromatic rings. The van der Waals surface area contributed by atoms with E-state index in [0.717, 1.165) is 12.5 Å². The Labute approximate surface area is 106 Å². The first-order valence-electron chi connectivity index (χ1n) is 7.04. The van der Waals surface area contributed by atoms with Crippen molar-refractivity contribution < 1.29 is 9.47 Å². The van der Waals surface area contributed by atoms with Crippen molar-refractivity contribution in [2.24, 2.45) is 5.92 Å². The third-order valence-corrected chi connectivity index (χ3v) is 3.82. The second-order valence-corrected chi connectivity index (χ2v) is 5.20. The van der Waals surface area contributed by atoms with Gasteiger partial charge in [0.2, 0.25) is 0 Å². The maximum absolute atomic E-state index is 5.42. The number of piperidine rings is 1. The Morgan fingerprint density at radius 1 is 1.24 bits per heavy atom. The maximum Gasteiger partial charge on any atom is 0.0931 e. The van der Waals surface area contributed by atoms with Gasteiger partial charge in [-0.25, -0.2) is 0 Å². The summed E-state index contributed by atoms with van der Waals surface area (Å²) in [7, 11) is 3.51. The van der Waals surface area contributed by atoms with Gasteiger partial charge in [0.15, 0.2) is 0 Å². The second kappa shape index (κ2) is 8.90. The molecule has 0 bridgehead atoms. The van der Waals surface area contributed by atoms with Crippen LogP contribution in [0.1, 0.15) is 39.0 Å². The van der Waals surface area contributed by atoms with Crippen molar-refractivity contribution in [1.82, 2.24) is 4.90 Å². The average Bonchev–Trinajstić information content (AvgIpc) is 2.37. The predicted octanol–water partition coefficient (Wildman–Crippen LogP) is 2.55. The Hall–Kier alpha value is -0.120. The number of ether oxygens (including phenoxy) is 2. The van der Waals surface area contributed by atoms with Gasteiger partial charge in [-0.3, -0.25) is 0 Å². The van der Waals surface area contributed by atoms with E-state index in [9.17, 15) is 0 Å². The van der Waals surface area contributed by atoms with E-state index in [1.54, 1.807) is 14.2 Å². The molecular formula is C14H29NO2. The lowest BCUT2D eigenvalue weighted by molar-refractivity contribution is -0.000304. The minimum atomic E-state index is 0.229. The van der Waals surface area contributed by atoms with Gasteiger partial charge in [-0.1, -0.05) is 26.2 Å². The third-order valence-electron chi connectivity index (χ3n) is 3.82. The van der Waals surface area contributed by atoms with Gasteiger partial charge in [-0.2, -0.15) is 0 Å². The van der Waals surface area contributed by atoms with Gasteiger partial charge in [0.05, 0.1) is 12.7 Å². The van der Waals surface area contributed by atoms with Gasteiger partial charge in [-0.05, 0) is 31.8 Å². The van der Waals surface area contributed by atoms with E-state index in [4.69, 9.17) is 9.47 Å². The molecule has 0 aliphatic carbocycles. The number of nitrogens with zero attached hydrogens (tertiary/aromatic N) is 1. The summed E-state index contributed by atoms with van der Waals surface area (Å²) in [5, 5.41) is 0. The van der Waals surface area contributed by atoms with Crippen LogP contribution in [-0.4, -0.2) is 51.5 Å². The maximum atomic E-state index is 5.42. The van der Waals surface area contributed by atoms with Crippen LogP contribution in [0.5, 0.6) is 0 Å². The zero-order chi connectivity index (χ0) is 12.5. The molecule has 0 saturated carbocycles. The molecule has 1 unspecified atom stereocenters. The van der Waals surface area contributed by atoms with Crippen LogP contribution in [-0.2, 0) is 9.47 Å². The largest absolute Gasteiger partial charge is 0.382 e. The molecule has 1 atom stereocenters. The zero-order valence-electron chi connectivity index (χ0n) is 11.8. The molecule has 1 saturated heterocycles. The highest BCUT2D eigenvalue weighted by atomic mass is 16.5. The first kappa shape index (κ1) is 14.9. The number of hydrogen-bond donors (Lipinski definition) is 0. The van der Waals surface area contributed by atoms with Crippen LogP contribution in [0.2, 0.25) is 0 Å². The molecule has 0 N–H and O–H groups in total. The van der Waals surface area contributed by atoms with E-state index in [1.807, 2.05) is 0 Å². The van der Waals surface area contributed by atoms with Crippen LogP contribution in [0.4, 0.5) is 0 Å². The normalized spacial score (nSPS) is 20.6. The molecule has 17 heavy (non-hydrogen) atoms. The average molecular weight is 243 g/mol. The smallest absolute Gasteiger partial charge is 0.0931 e. The zero-order valence-corrected chi connectivity index (χ0v) is 11.8. The van der Waals surface area contributed by atoms with Crippen molar-refractivity contribution in [3.8, 4) is 0 Å². The number of unbranched alkanes of at least 4 members (excludes halogenated alkanes) is 1. The first-order chi connectivity index (χ1) is 8.30. The fourth-order valence-corrected chi connectivity index (χ4v) is 2.62. The highest BCUT2D eigenvalue weighted by molar-refractivity contribution is 4.74. The molecule has 0 spiro atoms. The SMILES string of the molecule is CCCCC1CCN(CC(COC)OC)CC1. The molecule has 3 nitrogen and oxygen atoms in total. The van der Waals surface area contributed by atoms with Crippen LogP contribution in [0.25, 0.3) is 0 Å². The fourth-order valence-electron chi connectivity index (χ4n) is 2.62. The summed E-state index contributed by atoms with van der Waals surface area (Å²) >= 11 is 0. The first-order valence-corrected chi connectivity index (χ1v) is 7.04. The molecule has 0 aromatic heterocycles. The molecule has 0 amide bonds. The summed E-state index contributed by atoms with van der Waals surface area (Å²) in [5.41, 5.74) is 0. The molecule has 1 aliphatic heterocycles. The van der Waals surface area contributed by atoms with Gasteiger partial charge in [0.1, 0.15) is 0 Å². The monoisotopic (exact) mass is 243 g/mol. The number of rotatable bonds is 8. The van der Waals surface area contributed by atoms with Crippen molar-refractivity contribution >= 4 is 0 Å². The number of likely N-dealkylation sites (tertiary alicyclic amines) is 1. The molecule has 1 aliphatic rings. The minimum absolute atomic E-state index is 0.229. The van der Waals surface area contributed by atoms with Crippen LogP contribution in [0.3, 0.4) is 0 Å². The fraction of sp³-hybridized carbons (Fsp3) is 1.00. The molecule has 102 valence electrons. The quantitative estimate of drug-likeness (QED) is 0.654. The molecule has 0 radical (unpaired) electrons. The van der Waals surface area contributed by atoms with Crippen molar-refractivity contribution in [3.63, 3.8) is 0 Å². The van der Waals surface area contributed by atoms with Crippen molar-refractivity contribution in [2.75, 3.05) is 40.5 Å². The summed E-state index contributed by atoms with van der Waals surface area (Å²) in [6.45, 7) is 6.47. The van der Waals surface area contributed by atoms with Crippen molar-refractivity contribution in [3.05, 3.63) is 0 Å². The lowest BCUT2D eigenvalue weighted by Crippen LogP contribution is -2.40. The Balaban J connectivity index is 2.17. The Bertz CT molecular complexity index is 179. The van der Waals surface area contributed by atoms with Gasteiger partial charge >= 0.3 is 0 Å². The summed E-state index contributed by atoms with van der Waals surface area (Å²) in [4.78, 5) is 2.52. The number of methoxy groups -OCH3 is 2. The summed E-state index contributed by atoms with van der Waals surface area (Å²) in [6.07, 6.45) is 7.12. The standard InChI is InChI=1S/C14H29NO2/c1-4-5-6-13-7-9-15(10-8-13)11-14(17-3)12-16-2/h13-14H,4-12H2,1-3H3. The van der Waals surface area contributed by atoms with Crippen LogP contribution >= 0.6 is 0 Å². The third kappa shape index (κ3) is 5.84. The number of hydrogen-bond acceptors (Lipinski definition) is 3. The van der Waals surface area contributed by atoms with Gasteiger partial charge in [-0.15, -0.1) is 0 Å². The summed E-state index contributed by atoms with van der Waals surface area (Å²) < 4.78 is 10.6. The van der Waals surface area contributed by atoms with Gasteiger partial charge < -0.3 is 14.4 Å². The molecule has 1 heterocycles. The molecule has 3 heteroatoms. The van der Waals surface area contributed by atoms with E-state index in [1.165, 1.54) is 45.2 Å². The van der Waals surface area contributed by atoms with Crippen LogP contribution in [0.15, 0.2) is 0 Å². The van der Waals surface area contributed by atoms with E-state index in [2.05, 4.69) is 11.8 Å². The summed E-state index contributed by atoms with van der Waals surface area (Å²) in [6, 6.07) is 0. The molecule has 1 fully saturated rings. The summed E-state index contributed by atoms with van der Waals surface area (Å²) in [5.74, 6) is 0.967. The Morgan fingerprint density at radius 3 is 2.47 bits per heavy atom. The minimum Gasteiger partial charge on any atom is -0.382 e. The van der Waals surface area contributed by atoms with Gasteiger partial charge in [0.25, 0.3) is 0 Å². The Kier molecular flexibility index (Phi) is 7.82. The van der Waals surface area contributed by atoms with E-state index < -0.39 is 0 Å². The van der Waals surface area contributed by atoms with Crippen LogP contribution < -0.4 is 0 Å². The van der Waals surface area contributed by atoms with Crippen molar-refractivity contribution in [2.45, 2.75) is 45.1 Å². The lowest BCUT2D eigenvalue weighted by Gasteiger charge is -2.33. The topological polar surface area (TPSA) is 21.7 Å². The highest BCUT2D eigenvalue weighted by Gasteiger charge is 2.21. The lowest BCUT2D eigenvalue weighted by atomic mass is 9.91. The van der Waals surface area contributed by atoms with E-state index in [0.29, 0.717) is 6.61 Å².